The van der Waals surface area contributed by atoms with Crippen LogP contribution in [-0.4, -0.2) is 98.4 Å². The molecule has 0 aromatic heterocycles. The highest BCUT2D eigenvalue weighted by Crippen LogP contribution is 2.07. The van der Waals surface area contributed by atoms with Crippen molar-refractivity contribution in [3.05, 3.63) is 0 Å². The number of hydrogen-bond acceptors (Lipinski definition) is 10. The van der Waals surface area contributed by atoms with E-state index in [0.717, 1.165) is 0 Å². The van der Waals surface area contributed by atoms with E-state index >= 15 is 0 Å². The Hall–Kier alpha value is -2.20. The number of carbonyl (C=O) groups excluding carboxylic acids is 4. The molecule has 30 heavy (non-hydrogen) atoms. The predicted molar refractivity (Wildman–Crippen MR) is 109 cm³/mol. The highest BCUT2D eigenvalue weighted by molar-refractivity contribution is 5.78. The Morgan fingerprint density at radius 2 is 0.900 bits per heavy atom. The first kappa shape index (κ1) is 27.8. The van der Waals surface area contributed by atoms with Crippen molar-refractivity contribution >= 4 is 23.9 Å². The maximum atomic E-state index is 12.2. The van der Waals surface area contributed by atoms with Crippen LogP contribution in [0.15, 0.2) is 0 Å². The number of rotatable bonds is 15. The number of ether oxygens (including phenoxy) is 4. The quantitative estimate of drug-likeness (QED) is 0.270. The molecule has 0 unspecified atom stereocenters. The molecule has 0 aliphatic heterocycles. The Balaban J connectivity index is 5.37. The Bertz CT molecular complexity index is 507. The Morgan fingerprint density at radius 1 is 0.600 bits per heavy atom. The van der Waals surface area contributed by atoms with Crippen LogP contribution in [0.3, 0.4) is 0 Å². The Morgan fingerprint density at radius 3 is 1.17 bits per heavy atom. The molecule has 0 aromatic rings. The molecule has 10 nitrogen and oxygen atoms in total. The van der Waals surface area contributed by atoms with Gasteiger partial charge in [0.05, 0.1) is 39.5 Å². The van der Waals surface area contributed by atoms with Gasteiger partial charge < -0.3 is 18.9 Å². The SMILES string of the molecule is CCOC(=O)CN(CCN(CC(=O)OCC)[C@H](C)C(=O)OCC)[C@H](C)C(=O)OCC. The zero-order valence-electron chi connectivity index (χ0n) is 19.0. The molecular formula is C20H36N2O8. The van der Waals surface area contributed by atoms with Gasteiger partial charge in [0.2, 0.25) is 0 Å². The molecule has 0 saturated heterocycles. The highest BCUT2D eigenvalue weighted by Gasteiger charge is 2.29. The van der Waals surface area contributed by atoms with Crippen molar-refractivity contribution in [3.8, 4) is 0 Å². The van der Waals surface area contributed by atoms with Crippen LogP contribution in [0.1, 0.15) is 41.5 Å². The Kier molecular flexibility index (Phi) is 14.5. The van der Waals surface area contributed by atoms with Crippen LogP contribution in [-0.2, 0) is 38.1 Å². The Labute approximate surface area is 178 Å². The monoisotopic (exact) mass is 432 g/mol. The third-order valence-electron chi connectivity index (χ3n) is 4.30. The average molecular weight is 433 g/mol. The van der Waals surface area contributed by atoms with Gasteiger partial charge in [-0.2, -0.15) is 0 Å². The predicted octanol–water partition coefficient (Wildman–Crippen LogP) is 0.620. The van der Waals surface area contributed by atoms with E-state index in [1.807, 2.05) is 0 Å². The van der Waals surface area contributed by atoms with Crippen LogP contribution < -0.4 is 0 Å². The van der Waals surface area contributed by atoms with E-state index in [0.29, 0.717) is 0 Å². The van der Waals surface area contributed by atoms with E-state index in [-0.39, 0.29) is 52.6 Å². The van der Waals surface area contributed by atoms with Gasteiger partial charge in [0.25, 0.3) is 0 Å². The maximum Gasteiger partial charge on any atom is 0.323 e. The van der Waals surface area contributed by atoms with Crippen molar-refractivity contribution < 1.29 is 38.1 Å². The molecule has 0 heterocycles. The topological polar surface area (TPSA) is 112 Å². The van der Waals surface area contributed by atoms with Gasteiger partial charge in [-0.1, -0.05) is 0 Å². The van der Waals surface area contributed by atoms with Crippen molar-refractivity contribution in [1.29, 1.82) is 0 Å². The van der Waals surface area contributed by atoms with E-state index in [4.69, 9.17) is 18.9 Å². The second kappa shape index (κ2) is 15.6. The van der Waals surface area contributed by atoms with Gasteiger partial charge >= 0.3 is 23.9 Å². The van der Waals surface area contributed by atoms with Crippen LogP contribution in [0.2, 0.25) is 0 Å². The molecule has 0 aliphatic rings. The molecule has 10 heteroatoms. The first-order chi connectivity index (χ1) is 14.2. The van der Waals surface area contributed by atoms with Gasteiger partial charge in [-0.3, -0.25) is 29.0 Å². The third-order valence-corrected chi connectivity index (χ3v) is 4.30. The lowest BCUT2D eigenvalue weighted by atomic mass is 10.2. The summed E-state index contributed by atoms with van der Waals surface area (Å²) in [6.45, 7) is 11.1. The molecule has 0 fully saturated rings. The first-order valence-electron chi connectivity index (χ1n) is 10.3. The van der Waals surface area contributed by atoms with Crippen molar-refractivity contribution in [1.82, 2.24) is 9.80 Å². The van der Waals surface area contributed by atoms with Gasteiger partial charge in [0, 0.05) is 13.1 Å². The van der Waals surface area contributed by atoms with E-state index in [2.05, 4.69) is 0 Å². The van der Waals surface area contributed by atoms with E-state index in [1.54, 1.807) is 51.3 Å². The summed E-state index contributed by atoms with van der Waals surface area (Å²) in [6.07, 6.45) is 0. The minimum atomic E-state index is -0.711. The van der Waals surface area contributed by atoms with Crippen molar-refractivity contribution in [2.24, 2.45) is 0 Å². The van der Waals surface area contributed by atoms with Gasteiger partial charge in [-0.05, 0) is 41.5 Å². The molecule has 174 valence electrons. The zero-order valence-corrected chi connectivity index (χ0v) is 19.0. The fourth-order valence-corrected chi connectivity index (χ4v) is 2.64. The summed E-state index contributed by atoms with van der Waals surface area (Å²) in [5, 5.41) is 0. The van der Waals surface area contributed by atoms with Gasteiger partial charge in [-0.25, -0.2) is 0 Å². The normalized spacial score (nSPS) is 12.9. The summed E-state index contributed by atoms with van der Waals surface area (Å²) in [5.74, 6) is -1.91. The summed E-state index contributed by atoms with van der Waals surface area (Å²) < 4.78 is 20.1. The maximum absolute atomic E-state index is 12.2. The number of carbonyl (C=O) groups is 4. The minimum Gasteiger partial charge on any atom is -0.465 e. The number of hydrogen-bond donors (Lipinski definition) is 0. The molecule has 0 rings (SSSR count). The second-order valence-electron chi connectivity index (χ2n) is 6.41. The van der Waals surface area contributed by atoms with Crippen LogP contribution in [0.5, 0.6) is 0 Å². The minimum absolute atomic E-state index is 0.130. The summed E-state index contributed by atoms with van der Waals surface area (Å²) in [7, 11) is 0. The number of nitrogens with zero attached hydrogens (tertiary/aromatic N) is 2. The van der Waals surface area contributed by atoms with Crippen LogP contribution >= 0.6 is 0 Å². The lowest BCUT2D eigenvalue weighted by Gasteiger charge is -2.31. The second-order valence-corrected chi connectivity index (χ2v) is 6.41. The number of esters is 4. The summed E-state index contributed by atoms with van der Waals surface area (Å²) >= 11 is 0. The highest BCUT2D eigenvalue weighted by atomic mass is 16.5. The van der Waals surface area contributed by atoms with E-state index in [1.165, 1.54) is 0 Å². The van der Waals surface area contributed by atoms with Crippen molar-refractivity contribution in [2.75, 3.05) is 52.6 Å². The molecule has 0 radical (unpaired) electrons. The van der Waals surface area contributed by atoms with E-state index < -0.39 is 36.0 Å². The van der Waals surface area contributed by atoms with Crippen molar-refractivity contribution in [3.63, 3.8) is 0 Å². The summed E-state index contributed by atoms with van der Waals surface area (Å²) in [4.78, 5) is 51.5. The van der Waals surface area contributed by atoms with Crippen LogP contribution in [0, 0.1) is 0 Å². The molecule has 0 aromatic carbocycles. The summed E-state index contributed by atoms with van der Waals surface area (Å²) in [5.41, 5.74) is 0. The molecule has 0 aliphatic carbocycles. The molecular weight excluding hydrogens is 396 g/mol. The summed E-state index contributed by atoms with van der Waals surface area (Å²) in [6, 6.07) is -1.42. The fraction of sp³-hybridized carbons (Fsp3) is 0.800. The van der Waals surface area contributed by atoms with Gasteiger partial charge in [0.15, 0.2) is 0 Å². The molecule has 0 amide bonds. The molecule has 0 bridgehead atoms. The fourth-order valence-electron chi connectivity index (χ4n) is 2.64. The van der Waals surface area contributed by atoms with Gasteiger partial charge in [-0.15, -0.1) is 0 Å². The van der Waals surface area contributed by atoms with Crippen molar-refractivity contribution in [2.45, 2.75) is 53.6 Å². The molecule has 0 spiro atoms. The zero-order chi connectivity index (χ0) is 23.1. The van der Waals surface area contributed by atoms with E-state index in [9.17, 15) is 19.2 Å². The van der Waals surface area contributed by atoms with Crippen LogP contribution in [0.25, 0.3) is 0 Å². The smallest absolute Gasteiger partial charge is 0.323 e. The molecule has 0 N–H and O–H groups in total. The standard InChI is InChI=1S/C20H36N2O8/c1-7-27-17(23)13-21(15(5)19(25)29-9-3)11-12-22(14-18(24)28-8-2)16(6)20(26)30-10-4/h15-16H,7-14H2,1-6H3/t15-,16-/m1/s1. The molecule has 0 saturated carbocycles. The third kappa shape index (κ3) is 10.5. The van der Waals surface area contributed by atoms with Crippen LogP contribution in [0.4, 0.5) is 0 Å². The lowest BCUT2D eigenvalue weighted by molar-refractivity contribution is -0.156. The largest absolute Gasteiger partial charge is 0.465 e. The van der Waals surface area contributed by atoms with Gasteiger partial charge in [0.1, 0.15) is 12.1 Å². The first-order valence-corrected chi connectivity index (χ1v) is 10.3. The lowest BCUT2D eigenvalue weighted by Crippen LogP contribution is -2.50. The average Bonchev–Trinajstić information content (AvgIpc) is 2.69. The molecule has 2 atom stereocenters.